The van der Waals surface area contributed by atoms with Gasteiger partial charge in [0.05, 0.1) is 0 Å². The van der Waals surface area contributed by atoms with Crippen LogP contribution in [0.1, 0.15) is 41.2 Å². The second kappa shape index (κ2) is 10.2. The Morgan fingerprint density at radius 2 is 2.10 bits per heavy atom. The van der Waals surface area contributed by atoms with Crippen molar-refractivity contribution < 1.29 is 14.8 Å². The van der Waals surface area contributed by atoms with Gasteiger partial charge in [-0.2, -0.15) is 0 Å². The zero-order chi connectivity index (χ0) is 21.5. The molecule has 0 saturated carbocycles. The molecule has 2 aromatic heterocycles. The minimum Gasteiger partial charge on any atom is -0.321 e. The Bertz CT molecular complexity index is 1040. The van der Waals surface area contributed by atoms with Crippen molar-refractivity contribution >= 4 is 46.3 Å². The van der Waals surface area contributed by atoms with Gasteiger partial charge < -0.3 is 5.32 Å². The molecule has 0 aliphatic rings. The van der Waals surface area contributed by atoms with Crippen LogP contribution in [0.3, 0.4) is 0 Å². The average Bonchev–Trinajstić information content (AvgIpc) is 3.37. The molecule has 1 aromatic carbocycles. The molecule has 0 fully saturated rings. The number of carbonyl (C=O) groups is 2. The van der Waals surface area contributed by atoms with Gasteiger partial charge in [0.1, 0.15) is 5.69 Å². The van der Waals surface area contributed by atoms with Gasteiger partial charge in [0.2, 0.25) is 5.91 Å². The van der Waals surface area contributed by atoms with Crippen LogP contribution in [-0.4, -0.2) is 27.0 Å². The van der Waals surface area contributed by atoms with Crippen LogP contribution in [0.2, 0.25) is 0 Å². The predicted molar refractivity (Wildman–Crippen MR) is 120 cm³/mol. The molecule has 9 heteroatoms. The molecule has 7 nitrogen and oxygen atoms in total. The smallest absolute Gasteiger partial charge is 0.275 e. The fourth-order valence-electron chi connectivity index (χ4n) is 2.72. The fraction of sp³-hybridized carbons (Fsp3) is 0.238. The molecule has 3 rings (SSSR count). The first-order valence-electron chi connectivity index (χ1n) is 9.36. The Kier molecular flexibility index (Phi) is 7.45. The molecule has 0 radical (unpaired) electrons. The SMILES string of the molecule is CC(C)Cc1sc(-c2nccs2)nc1C(=O)Nc1cccc(/C=C/CC(=O)NO)c1. The van der Waals surface area contributed by atoms with E-state index in [-0.39, 0.29) is 12.3 Å². The normalized spacial score (nSPS) is 11.2. The maximum absolute atomic E-state index is 13.0. The number of benzene rings is 1. The number of nitrogens with one attached hydrogen (secondary N) is 2. The minimum absolute atomic E-state index is 0.0595. The number of hydrogen-bond acceptors (Lipinski definition) is 7. The molecular formula is C21H22N4O3S2. The molecule has 3 N–H and O–H groups in total. The summed E-state index contributed by atoms with van der Waals surface area (Å²) < 4.78 is 0. The number of carbonyl (C=O) groups excluding carboxylic acids is 2. The lowest BCUT2D eigenvalue weighted by Gasteiger charge is -2.07. The summed E-state index contributed by atoms with van der Waals surface area (Å²) in [6, 6.07) is 7.28. The van der Waals surface area contributed by atoms with Crippen molar-refractivity contribution in [2.24, 2.45) is 5.92 Å². The van der Waals surface area contributed by atoms with Gasteiger partial charge in [0, 0.05) is 28.6 Å². The monoisotopic (exact) mass is 442 g/mol. The summed E-state index contributed by atoms with van der Waals surface area (Å²) in [6.45, 7) is 4.22. The third kappa shape index (κ3) is 5.82. The van der Waals surface area contributed by atoms with E-state index in [1.807, 2.05) is 23.6 Å². The summed E-state index contributed by atoms with van der Waals surface area (Å²) in [4.78, 5) is 33.9. The van der Waals surface area contributed by atoms with Gasteiger partial charge in [-0.05, 0) is 30.0 Å². The van der Waals surface area contributed by atoms with E-state index < -0.39 is 5.91 Å². The molecule has 3 aromatic rings. The van der Waals surface area contributed by atoms with Crippen LogP contribution in [0, 0.1) is 5.92 Å². The second-order valence-corrected chi connectivity index (χ2v) is 8.93. The lowest BCUT2D eigenvalue weighted by molar-refractivity contribution is -0.128. The highest BCUT2D eigenvalue weighted by molar-refractivity contribution is 7.20. The number of hydrogen-bond donors (Lipinski definition) is 3. The number of thiazole rings is 2. The van der Waals surface area contributed by atoms with Gasteiger partial charge in [-0.15, -0.1) is 22.7 Å². The number of rotatable bonds is 8. The molecule has 0 aliphatic carbocycles. The summed E-state index contributed by atoms with van der Waals surface area (Å²) in [5, 5.41) is 14.9. The van der Waals surface area contributed by atoms with E-state index in [4.69, 9.17) is 5.21 Å². The largest absolute Gasteiger partial charge is 0.321 e. The number of nitrogens with zero attached hydrogens (tertiary/aromatic N) is 2. The van der Waals surface area contributed by atoms with E-state index in [1.165, 1.54) is 22.7 Å². The van der Waals surface area contributed by atoms with E-state index in [2.05, 4.69) is 29.1 Å². The van der Waals surface area contributed by atoms with Crippen LogP contribution in [0.25, 0.3) is 16.1 Å². The lowest BCUT2D eigenvalue weighted by Crippen LogP contribution is -2.16. The van der Waals surface area contributed by atoms with Crippen LogP contribution >= 0.6 is 22.7 Å². The molecule has 2 heterocycles. The van der Waals surface area contributed by atoms with E-state index >= 15 is 0 Å². The Labute approximate surface area is 182 Å². The average molecular weight is 443 g/mol. The second-order valence-electron chi connectivity index (χ2n) is 6.95. The van der Waals surface area contributed by atoms with Crippen LogP contribution < -0.4 is 10.8 Å². The van der Waals surface area contributed by atoms with Crippen molar-refractivity contribution in [2.75, 3.05) is 5.32 Å². The van der Waals surface area contributed by atoms with Crippen LogP contribution in [0.15, 0.2) is 41.9 Å². The molecule has 0 unspecified atom stereocenters. The van der Waals surface area contributed by atoms with Crippen LogP contribution in [0.5, 0.6) is 0 Å². The third-order valence-corrected chi connectivity index (χ3v) is 6.00. The predicted octanol–water partition coefficient (Wildman–Crippen LogP) is 4.63. The molecule has 0 saturated heterocycles. The molecule has 0 bridgehead atoms. The number of aromatic nitrogens is 2. The van der Waals surface area contributed by atoms with Gasteiger partial charge in [-0.25, -0.2) is 15.4 Å². The summed E-state index contributed by atoms with van der Waals surface area (Å²) in [7, 11) is 0. The van der Waals surface area contributed by atoms with Crippen LogP contribution in [0.4, 0.5) is 5.69 Å². The summed E-state index contributed by atoms with van der Waals surface area (Å²) in [5.41, 5.74) is 3.47. The van der Waals surface area contributed by atoms with Crippen molar-refractivity contribution in [1.29, 1.82) is 0 Å². The van der Waals surface area contributed by atoms with Crippen molar-refractivity contribution in [2.45, 2.75) is 26.7 Å². The first-order valence-corrected chi connectivity index (χ1v) is 11.1. The lowest BCUT2D eigenvalue weighted by atomic mass is 10.1. The Hall–Kier alpha value is -2.88. The number of anilines is 1. The van der Waals surface area contributed by atoms with Gasteiger partial charge in [-0.3, -0.25) is 14.8 Å². The fourth-order valence-corrected chi connectivity index (χ4v) is 4.67. The molecule has 156 valence electrons. The molecule has 30 heavy (non-hydrogen) atoms. The zero-order valence-electron chi connectivity index (χ0n) is 16.6. The van der Waals surface area contributed by atoms with E-state index in [9.17, 15) is 9.59 Å². The quantitative estimate of drug-likeness (QED) is 0.349. The highest BCUT2D eigenvalue weighted by Crippen LogP contribution is 2.31. The highest BCUT2D eigenvalue weighted by atomic mass is 32.1. The topological polar surface area (TPSA) is 104 Å². The first-order chi connectivity index (χ1) is 14.5. The van der Waals surface area contributed by atoms with Gasteiger partial charge in [0.25, 0.3) is 5.91 Å². The summed E-state index contributed by atoms with van der Waals surface area (Å²) >= 11 is 3.01. The van der Waals surface area contributed by atoms with Crippen molar-refractivity contribution in [1.82, 2.24) is 15.4 Å². The Morgan fingerprint density at radius 3 is 2.80 bits per heavy atom. The number of amides is 2. The van der Waals surface area contributed by atoms with Crippen molar-refractivity contribution in [3.8, 4) is 10.0 Å². The molecule has 0 spiro atoms. The van der Waals surface area contributed by atoms with E-state index in [0.717, 1.165) is 26.9 Å². The third-order valence-electron chi connectivity index (χ3n) is 4.00. The first kappa shape index (κ1) is 21.8. The maximum Gasteiger partial charge on any atom is 0.275 e. The Morgan fingerprint density at radius 1 is 1.27 bits per heavy atom. The molecule has 0 atom stereocenters. The van der Waals surface area contributed by atoms with E-state index in [0.29, 0.717) is 17.3 Å². The highest BCUT2D eigenvalue weighted by Gasteiger charge is 2.21. The maximum atomic E-state index is 13.0. The summed E-state index contributed by atoms with van der Waals surface area (Å²) in [6.07, 6.45) is 5.93. The van der Waals surface area contributed by atoms with Crippen molar-refractivity contribution in [3.63, 3.8) is 0 Å². The Balaban J connectivity index is 1.78. The molecular weight excluding hydrogens is 420 g/mol. The van der Waals surface area contributed by atoms with Gasteiger partial charge in [0.15, 0.2) is 10.0 Å². The number of hydroxylamine groups is 1. The minimum atomic E-state index is -0.493. The van der Waals surface area contributed by atoms with Crippen molar-refractivity contribution in [3.05, 3.63) is 58.1 Å². The van der Waals surface area contributed by atoms with E-state index in [1.54, 1.807) is 29.9 Å². The zero-order valence-corrected chi connectivity index (χ0v) is 18.2. The molecule has 0 aliphatic heterocycles. The van der Waals surface area contributed by atoms with Gasteiger partial charge in [-0.1, -0.05) is 38.1 Å². The standard InChI is InChI=1S/C21H22N4O3S2/c1-13(2)11-16-18(24-21(30-16)20-22-9-10-29-20)19(27)23-15-7-3-5-14(12-15)6-4-8-17(26)25-28/h3-7,9-10,12-13,28H,8,11H2,1-2H3,(H,23,27)(H,25,26)/b6-4+. The van der Waals surface area contributed by atoms with Crippen LogP contribution in [-0.2, 0) is 11.2 Å². The molecule has 2 amide bonds. The van der Waals surface area contributed by atoms with Gasteiger partial charge >= 0.3 is 0 Å². The summed E-state index contributed by atoms with van der Waals surface area (Å²) in [5.74, 6) is -0.357.